The summed E-state index contributed by atoms with van der Waals surface area (Å²) in [4.78, 5) is 28.8. The van der Waals surface area contributed by atoms with E-state index in [2.05, 4.69) is 20.7 Å². The summed E-state index contributed by atoms with van der Waals surface area (Å²) in [6.07, 6.45) is 2.14. The number of nitrogens with zero attached hydrogens (tertiary/aromatic N) is 6. The van der Waals surface area contributed by atoms with E-state index in [1.165, 1.54) is 0 Å². The van der Waals surface area contributed by atoms with Crippen molar-refractivity contribution in [3.8, 4) is 0 Å². The summed E-state index contributed by atoms with van der Waals surface area (Å²) in [6.45, 7) is 7.48. The van der Waals surface area contributed by atoms with E-state index < -0.39 is 0 Å². The van der Waals surface area contributed by atoms with E-state index in [1.807, 2.05) is 49.6 Å². The smallest absolute Gasteiger partial charge is 0.318 e. The van der Waals surface area contributed by atoms with Crippen LogP contribution in [0.2, 0.25) is 0 Å². The molecule has 3 aromatic heterocycles. The molecule has 1 unspecified atom stereocenters. The number of fused-ring (bicyclic) bond motifs is 1. The zero-order valence-corrected chi connectivity index (χ0v) is 17.3. The van der Waals surface area contributed by atoms with E-state index in [4.69, 9.17) is 4.52 Å². The second-order valence-corrected chi connectivity index (χ2v) is 7.51. The molecule has 1 aliphatic rings. The third-order valence-electron chi connectivity index (χ3n) is 5.50. The van der Waals surface area contributed by atoms with Crippen LogP contribution in [0.25, 0.3) is 5.65 Å². The van der Waals surface area contributed by atoms with Crippen LogP contribution >= 0.6 is 0 Å². The summed E-state index contributed by atoms with van der Waals surface area (Å²) in [5, 5.41) is 15.2. The Morgan fingerprint density at radius 1 is 1.13 bits per heavy atom. The Labute approximate surface area is 173 Å². The second-order valence-electron chi connectivity index (χ2n) is 7.51. The molecule has 1 fully saturated rings. The van der Waals surface area contributed by atoms with Crippen molar-refractivity contribution in [2.24, 2.45) is 0 Å². The molecule has 1 N–H and O–H groups in total. The maximum absolute atomic E-state index is 12.7. The minimum atomic E-state index is -0.297. The highest BCUT2D eigenvalue weighted by Gasteiger charge is 2.27. The van der Waals surface area contributed by atoms with Crippen molar-refractivity contribution in [3.05, 3.63) is 47.2 Å². The van der Waals surface area contributed by atoms with Gasteiger partial charge in [-0.25, -0.2) is 4.79 Å². The molecule has 4 heterocycles. The number of carbonyl (C=O) groups excluding carboxylic acids is 2. The molecule has 0 aromatic carbocycles. The first kappa shape index (κ1) is 19.9. The van der Waals surface area contributed by atoms with E-state index in [0.717, 1.165) is 16.9 Å². The lowest BCUT2D eigenvalue weighted by atomic mass is 10.1. The molecule has 30 heavy (non-hydrogen) atoms. The van der Waals surface area contributed by atoms with Crippen LogP contribution in [0, 0.1) is 13.8 Å². The predicted molar refractivity (Wildman–Crippen MR) is 108 cm³/mol. The van der Waals surface area contributed by atoms with Crippen molar-refractivity contribution < 1.29 is 14.1 Å². The number of urea groups is 1. The van der Waals surface area contributed by atoms with Crippen molar-refractivity contribution in [1.82, 2.24) is 34.9 Å². The monoisotopic (exact) mass is 411 g/mol. The molecule has 0 bridgehead atoms. The zero-order valence-electron chi connectivity index (χ0n) is 17.3. The molecular weight excluding hydrogens is 386 g/mol. The summed E-state index contributed by atoms with van der Waals surface area (Å²) in [5.41, 5.74) is 2.32. The molecule has 158 valence electrons. The van der Waals surface area contributed by atoms with Gasteiger partial charge in [-0.1, -0.05) is 11.2 Å². The van der Waals surface area contributed by atoms with Gasteiger partial charge in [0.15, 0.2) is 11.5 Å². The van der Waals surface area contributed by atoms with Gasteiger partial charge >= 0.3 is 6.03 Å². The number of amides is 3. The van der Waals surface area contributed by atoms with Crippen molar-refractivity contribution in [1.29, 1.82) is 0 Å². The fourth-order valence-electron chi connectivity index (χ4n) is 3.67. The van der Waals surface area contributed by atoms with Gasteiger partial charge in [0.2, 0.25) is 5.91 Å². The van der Waals surface area contributed by atoms with Crippen LogP contribution in [0.3, 0.4) is 0 Å². The normalized spacial score (nSPS) is 15.4. The highest BCUT2D eigenvalue weighted by molar-refractivity contribution is 5.80. The number of hydrogen-bond donors (Lipinski definition) is 1. The minimum Gasteiger partial charge on any atom is -0.361 e. The molecule has 3 amide bonds. The molecule has 10 nitrogen and oxygen atoms in total. The summed E-state index contributed by atoms with van der Waals surface area (Å²) >= 11 is 0. The van der Waals surface area contributed by atoms with Crippen molar-refractivity contribution >= 4 is 17.6 Å². The average Bonchev–Trinajstić information content (AvgIpc) is 3.32. The van der Waals surface area contributed by atoms with Gasteiger partial charge < -0.3 is 19.6 Å². The minimum absolute atomic E-state index is 0.0211. The van der Waals surface area contributed by atoms with Gasteiger partial charge in [0.25, 0.3) is 0 Å². The first-order chi connectivity index (χ1) is 14.4. The quantitative estimate of drug-likeness (QED) is 0.697. The Balaban J connectivity index is 1.31. The number of nitrogens with one attached hydrogen (secondary N) is 1. The van der Waals surface area contributed by atoms with Crippen LogP contribution in [0.5, 0.6) is 0 Å². The van der Waals surface area contributed by atoms with Crippen LogP contribution in [-0.2, 0) is 11.2 Å². The fourth-order valence-corrected chi connectivity index (χ4v) is 3.67. The van der Waals surface area contributed by atoms with E-state index in [1.54, 1.807) is 9.80 Å². The number of pyridine rings is 1. The Morgan fingerprint density at radius 2 is 1.87 bits per heavy atom. The van der Waals surface area contributed by atoms with Gasteiger partial charge in [0, 0.05) is 37.9 Å². The van der Waals surface area contributed by atoms with E-state index >= 15 is 0 Å². The van der Waals surface area contributed by atoms with E-state index in [0.29, 0.717) is 37.8 Å². The van der Waals surface area contributed by atoms with Gasteiger partial charge in [-0.2, -0.15) is 0 Å². The highest BCUT2D eigenvalue weighted by atomic mass is 16.5. The largest absolute Gasteiger partial charge is 0.361 e. The van der Waals surface area contributed by atoms with Crippen molar-refractivity contribution in [2.75, 3.05) is 26.2 Å². The molecule has 4 rings (SSSR count). The molecule has 3 aromatic rings. The maximum atomic E-state index is 12.7. The summed E-state index contributed by atoms with van der Waals surface area (Å²) in [5.74, 6) is 1.37. The Morgan fingerprint density at radius 3 is 2.57 bits per heavy atom. The van der Waals surface area contributed by atoms with E-state index in [9.17, 15) is 9.59 Å². The number of rotatable bonds is 4. The first-order valence-corrected chi connectivity index (χ1v) is 9.98. The van der Waals surface area contributed by atoms with Gasteiger partial charge in [-0.3, -0.25) is 9.20 Å². The Bertz CT molecular complexity index is 1050. The Hall–Kier alpha value is -3.43. The molecule has 0 spiro atoms. The second kappa shape index (κ2) is 8.13. The average molecular weight is 411 g/mol. The fraction of sp³-hybridized carbons (Fsp3) is 0.450. The van der Waals surface area contributed by atoms with E-state index in [-0.39, 0.29) is 24.4 Å². The molecule has 0 saturated carbocycles. The van der Waals surface area contributed by atoms with Gasteiger partial charge in [-0.05, 0) is 32.9 Å². The molecular formula is C20H25N7O3. The molecule has 10 heteroatoms. The standard InChI is InChI=1S/C20H25N7O3/c1-13-16(15(3)30-24-13)12-18(28)25-8-10-26(11-9-25)20(29)21-14(2)19-23-22-17-6-4-5-7-27(17)19/h4-7,14H,8-12H2,1-3H3,(H,21,29). The van der Waals surface area contributed by atoms with Crippen molar-refractivity contribution in [3.63, 3.8) is 0 Å². The molecule has 1 atom stereocenters. The number of carbonyl (C=O) groups is 2. The molecule has 1 saturated heterocycles. The molecule has 0 radical (unpaired) electrons. The lowest BCUT2D eigenvalue weighted by Crippen LogP contribution is -2.53. The SMILES string of the molecule is Cc1noc(C)c1CC(=O)N1CCN(C(=O)NC(C)c2nnc3ccccn23)CC1. The molecule has 1 aliphatic heterocycles. The van der Waals surface area contributed by atoms with Crippen LogP contribution in [0.4, 0.5) is 4.79 Å². The highest BCUT2D eigenvalue weighted by Crippen LogP contribution is 2.16. The number of aromatic nitrogens is 4. The van der Waals surface area contributed by atoms with Crippen LogP contribution in [-0.4, -0.2) is 67.7 Å². The third kappa shape index (κ3) is 3.85. The topological polar surface area (TPSA) is 109 Å². The first-order valence-electron chi connectivity index (χ1n) is 9.98. The summed E-state index contributed by atoms with van der Waals surface area (Å²) in [6, 6.07) is 5.18. The summed E-state index contributed by atoms with van der Waals surface area (Å²) < 4.78 is 6.99. The number of hydrogen-bond acceptors (Lipinski definition) is 6. The number of piperazine rings is 1. The lowest BCUT2D eigenvalue weighted by Gasteiger charge is -2.35. The van der Waals surface area contributed by atoms with Crippen molar-refractivity contribution in [2.45, 2.75) is 33.2 Å². The third-order valence-corrected chi connectivity index (χ3v) is 5.50. The van der Waals surface area contributed by atoms with Crippen LogP contribution in [0.15, 0.2) is 28.9 Å². The zero-order chi connectivity index (χ0) is 21.3. The van der Waals surface area contributed by atoms with Crippen LogP contribution in [0.1, 0.15) is 35.8 Å². The van der Waals surface area contributed by atoms with Gasteiger partial charge in [-0.15, -0.1) is 10.2 Å². The predicted octanol–water partition coefficient (Wildman–Crippen LogP) is 1.49. The Kier molecular flexibility index (Phi) is 5.39. The van der Waals surface area contributed by atoms with Gasteiger partial charge in [0.05, 0.1) is 18.2 Å². The molecule has 0 aliphatic carbocycles. The number of aryl methyl sites for hydroxylation is 2. The van der Waals surface area contributed by atoms with Crippen LogP contribution < -0.4 is 5.32 Å². The maximum Gasteiger partial charge on any atom is 0.318 e. The lowest BCUT2D eigenvalue weighted by molar-refractivity contribution is -0.131. The van der Waals surface area contributed by atoms with Gasteiger partial charge in [0.1, 0.15) is 5.76 Å². The summed E-state index contributed by atoms with van der Waals surface area (Å²) in [7, 11) is 0.